The van der Waals surface area contributed by atoms with Gasteiger partial charge in [0.25, 0.3) is 5.69 Å². The van der Waals surface area contributed by atoms with Crippen molar-refractivity contribution >= 4 is 23.0 Å². The summed E-state index contributed by atoms with van der Waals surface area (Å²) in [6.45, 7) is 1.99. The van der Waals surface area contributed by atoms with Crippen molar-refractivity contribution in [2.45, 2.75) is 19.6 Å². The van der Waals surface area contributed by atoms with E-state index in [1.165, 1.54) is 12.1 Å². The Morgan fingerprint density at radius 1 is 1.13 bits per heavy atom. The summed E-state index contributed by atoms with van der Waals surface area (Å²) in [5.74, 6) is 0.247. The van der Waals surface area contributed by atoms with Gasteiger partial charge in [0.2, 0.25) is 5.91 Å². The molecule has 0 aromatic heterocycles. The van der Waals surface area contributed by atoms with Gasteiger partial charge < -0.3 is 15.4 Å². The molecule has 0 aliphatic carbocycles. The number of nitro benzene ring substituents is 1. The number of anilines is 2. The van der Waals surface area contributed by atoms with Gasteiger partial charge in [0.05, 0.1) is 16.6 Å². The van der Waals surface area contributed by atoms with Gasteiger partial charge in [-0.25, -0.2) is 0 Å². The number of ether oxygens (including phenoxy) is 1. The Morgan fingerprint density at radius 2 is 1.87 bits per heavy atom. The molecule has 3 rings (SSSR count). The Labute approximate surface area is 179 Å². The fourth-order valence-electron chi connectivity index (χ4n) is 2.84. The standard InChI is InChI=1S/C23H20N4O4/c1-16(23(28)26-21-7-2-3-8-22(21)27(29)30)25-19-9-11-20(12-10-19)31-15-18-6-4-5-17(13-18)14-24/h2-13,16,25H,15H2,1H3,(H,26,28). The van der Waals surface area contributed by atoms with Gasteiger partial charge in [0.15, 0.2) is 0 Å². The highest BCUT2D eigenvalue weighted by atomic mass is 16.6. The minimum absolute atomic E-state index is 0.148. The van der Waals surface area contributed by atoms with E-state index in [1.54, 1.807) is 61.5 Å². The molecule has 3 aromatic rings. The van der Waals surface area contributed by atoms with Crippen molar-refractivity contribution in [3.63, 3.8) is 0 Å². The first-order chi connectivity index (χ1) is 15.0. The van der Waals surface area contributed by atoms with Gasteiger partial charge in [0.1, 0.15) is 24.1 Å². The van der Waals surface area contributed by atoms with Crippen LogP contribution in [0.4, 0.5) is 17.1 Å². The highest BCUT2D eigenvalue weighted by molar-refractivity contribution is 5.97. The highest BCUT2D eigenvalue weighted by Crippen LogP contribution is 2.24. The predicted molar refractivity (Wildman–Crippen MR) is 117 cm³/mol. The van der Waals surface area contributed by atoms with Crippen molar-refractivity contribution in [1.29, 1.82) is 5.26 Å². The fourth-order valence-corrected chi connectivity index (χ4v) is 2.84. The molecule has 0 aliphatic heterocycles. The number of amides is 1. The molecule has 8 nitrogen and oxygen atoms in total. The van der Waals surface area contributed by atoms with Gasteiger partial charge >= 0.3 is 0 Å². The van der Waals surface area contributed by atoms with Crippen molar-refractivity contribution in [2.24, 2.45) is 0 Å². The van der Waals surface area contributed by atoms with Gasteiger partial charge in [-0.05, 0) is 55.0 Å². The lowest BCUT2D eigenvalue weighted by Gasteiger charge is -2.16. The molecule has 0 aliphatic rings. The Kier molecular flexibility index (Phi) is 6.81. The zero-order valence-corrected chi connectivity index (χ0v) is 16.7. The lowest BCUT2D eigenvalue weighted by atomic mass is 10.1. The quantitative estimate of drug-likeness (QED) is 0.413. The first kappa shape index (κ1) is 21.3. The van der Waals surface area contributed by atoms with Crippen LogP contribution in [-0.4, -0.2) is 16.9 Å². The molecule has 1 amide bonds. The van der Waals surface area contributed by atoms with Crippen LogP contribution in [0.2, 0.25) is 0 Å². The number of hydrogen-bond donors (Lipinski definition) is 2. The molecule has 0 fully saturated rings. The summed E-state index contributed by atoms with van der Waals surface area (Å²) in [7, 11) is 0. The van der Waals surface area contributed by atoms with Gasteiger partial charge in [-0.2, -0.15) is 5.26 Å². The van der Waals surface area contributed by atoms with Crippen LogP contribution in [0.3, 0.4) is 0 Å². The van der Waals surface area contributed by atoms with Crippen molar-refractivity contribution in [3.8, 4) is 11.8 Å². The Bertz CT molecular complexity index is 1120. The van der Waals surface area contributed by atoms with E-state index in [9.17, 15) is 14.9 Å². The van der Waals surface area contributed by atoms with E-state index >= 15 is 0 Å². The largest absolute Gasteiger partial charge is 0.489 e. The van der Waals surface area contributed by atoms with Crippen LogP contribution in [0.5, 0.6) is 5.75 Å². The SMILES string of the molecule is CC(Nc1ccc(OCc2cccc(C#N)c2)cc1)C(=O)Nc1ccccc1[N+](=O)[O-]. The third-order valence-electron chi connectivity index (χ3n) is 4.45. The minimum Gasteiger partial charge on any atom is -0.489 e. The summed E-state index contributed by atoms with van der Waals surface area (Å²) in [5, 5.41) is 25.7. The van der Waals surface area contributed by atoms with Gasteiger partial charge in [0, 0.05) is 11.8 Å². The van der Waals surface area contributed by atoms with Crippen LogP contribution in [0.25, 0.3) is 0 Å². The van der Waals surface area contributed by atoms with E-state index in [1.807, 2.05) is 6.07 Å². The molecule has 1 unspecified atom stereocenters. The number of benzene rings is 3. The first-order valence-electron chi connectivity index (χ1n) is 9.49. The van der Waals surface area contributed by atoms with E-state index in [4.69, 9.17) is 10.00 Å². The van der Waals surface area contributed by atoms with Crippen molar-refractivity contribution in [3.05, 3.63) is 94.0 Å². The number of para-hydroxylation sites is 2. The summed E-state index contributed by atoms with van der Waals surface area (Å²) >= 11 is 0. The van der Waals surface area contributed by atoms with Crippen LogP contribution in [-0.2, 0) is 11.4 Å². The number of carbonyl (C=O) groups is 1. The van der Waals surface area contributed by atoms with Crippen LogP contribution < -0.4 is 15.4 Å². The maximum atomic E-state index is 12.4. The molecule has 31 heavy (non-hydrogen) atoms. The fraction of sp³-hybridized carbons (Fsp3) is 0.130. The molecule has 0 saturated heterocycles. The monoisotopic (exact) mass is 416 g/mol. The summed E-state index contributed by atoms with van der Waals surface area (Å²) in [4.78, 5) is 23.0. The average molecular weight is 416 g/mol. The average Bonchev–Trinajstić information content (AvgIpc) is 2.79. The summed E-state index contributed by atoms with van der Waals surface area (Å²) in [5.41, 5.74) is 2.15. The van der Waals surface area contributed by atoms with Gasteiger partial charge in [-0.1, -0.05) is 24.3 Å². The van der Waals surface area contributed by atoms with Crippen molar-refractivity contribution < 1.29 is 14.5 Å². The Morgan fingerprint density at radius 3 is 2.58 bits per heavy atom. The van der Waals surface area contributed by atoms with E-state index in [-0.39, 0.29) is 11.4 Å². The number of rotatable bonds is 8. The van der Waals surface area contributed by atoms with Crippen molar-refractivity contribution in [1.82, 2.24) is 0 Å². The summed E-state index contributed by atoms with van der Waals surface area (Å²) in [6, 6.07) is 21.7. The molecule has 156 valence electrons. The smallest absolute Gasteiger partial charge is 0.292 e. The Balaban J connectivity index is 1.56. The van der Waals surface area contributed by atoms with Crippen LogP contribution >= 0.6 is 0 Å². The molecule has 0 heterocycles. The van der Waals surface area contributed by atoms with E-state index in [2.05, 4.69) is 16.7 Å². The molecule has 0 saturated carbocycles. The van der Waals surface area contributed by atoms with Crippen LogP contribution in [0, 0.1) is 21.4 Å². The summed E-state index contributed by atoms with van der Waals surface area (Å²) in [6.07, 6.45) is 0. The molecule has 3 aromatic carbocycles. The summed E-state index contributed by atoms with van der Waals surface area (Å²) < 4.78 is 5.73. The molecular weight excluding hydrogens is 396 g/mol. The van der Waals surface area contributed by atoms with Gasteiger partial charge in [-0.3, -0.25) is 14.9 Å². The second-order valence-electron chi connectivity index (χ2n) is 6.75. The first-order valence-corrected chi connectivity index (χ1v) is 9.49. The van der Waals surface area contributed by atoms with Crippen LogP contribution in [0.15, 0.2) is 72.8 Å². The normalized spacial score (nSPS) is 11.1. The number of nitrogens with one attached hydrogen (secondary N) is 2. The zero-order valence-electron chi connectivity index (χ0n) is 16.7. The molecule has 1 atom stereocenters. The number of carbonyl (C=O) groups excluding carboxylic acids is 1. The Hall–Kier alpha value is -4.38. The zero-order chi connectivity index (χ0) is 22.2. The highest BCUT2D eigenvalue weighted by Gasteiger charge is 2.18. The lowest BCUT2D eigenvalue weighted by molar-refractivity contribution is -0.383. The third kappa shape index (κ3) is 5.81. The second kappa shape index (κ2) is 9.89. The van der Waals surface area contributed by atoms with E-state index in [0.717, 1.165) is 5.56 Å². The third-order valence-corrected chi connectivity index (χ3v) is 4.45. The number of nitrogens with zero attached hydrogens (tertiary/aromatic N) is 2. The van der Waals surface area contributed by atoms with E-state index in [0.29, 0.717) is 23.6 Å². The maximum absolute atomic E-state index is 12.4. The topological polar surface area (TPSA) is 117 Å². The number of hydrogen-bond acceptors (Lipinski definition) is 6. The number of nitriles is 1. The van der Waals surface area contributed by atoms with Crippen molar-refractivity contribution in [2.75, 3.05) is 10.6 Å². The second-order valence-corrected chi connectivity index (χ2v) is 6.75. The maximum Gasteiger partial charge on any atom is 0.292 e. The lowest BCUT2D eigenvalue weighted by Crippen LogP contribution is -2.32. The molecule has 8 heteroatoms. The molecule has 0 radical (unpaired) electrons. The van der Waals surface area contributed by atoms with Crippen LogP contribution in [0.1, 0.15) is 18.1 Å². The molecule has 0 bridgehead atoms. The minimum atomic E-state index is -0.625. The van der Waals surface area contributed by atoms with Gasteiger partial charge in [-0.15, -0.1) is 0 Å². The number of nitro groups is 1. The molecule has 0 spiro atoms. The molecular formula is C23H20N4O4. The van der Waals surface area contributed by atoms with E-state index < -0.39 is 16.9 Å². The molecule has 2 N–H and O–H groups in total. The predicted octanol–water partition coefficient (Wildman–Crippen LogP) is 4.48.